The molecule has 13 nitrogen and oxygen atoms in total. The molecule has 1 aromatic heterocycles. The van der Waals surface area contributed by atoms with Crippen molar-refractivity contribution in [2.24, 2.45) is 29.1 Å². The van der Waals surface area contributed by atoms with E-state index in [0.717, 1.165) is 25.7 Å². The predicted octanol–water partition coefficient (Wildman–Crippen LogP) is 7.25. The minimum Gasteiger partial charge on any atom is -0.462 e. The first-order valence-electron chi connectivity index (χ1n) is 18.0. The molecule has 0 bridgehead atoms. The first-order chi connectivity index (χ1) is 23.9. The van der Waals surface area contributed by atoms with Crippen molar-refractivity contribution in [2.45, 2.75) is 117 Å². The topological polar surface area (TPSA) is 173 Å². The monoisotopic (exact) mass is 694 g/mol. The van der Waals surface area contributed by atoms with Gasteiger partial charge in [-0.1, -0.05) is 45.4 Å². The van der Waals surface area contributed by atoms with Gasteiger partial charge in [-0.15, -0.1) is 0 Å². The molecule has 1 aliphatic heterocycles. The maximum absolute atomic E-state index is 13.1. The summed E-state index contributed by atoms with van der Waals surface area (Å²) in [5.74, 6) is 0.0281. The molecular formula is C37H50N4O9. The number of nitrogens with one attached hydrogen (secondary N) is 1. The van der Waals surface area contributed by atoms with E-state index < -0.39 is 16.4 Å². The molecular weight excluding hydrogens is 644 g/mol. The molecule has 13 heteroatoms. The van der Waals surface area contributed by atoms with E-state index in [4.69, 9.17) is 18.8 Å². The molecule has 5 rings (SSSR count). The van der Waals surface area contributed by atoms with E-state index in [-0.39, 0.29) is 71.9 Å². The standard InChI is InChI=1S/C37H50N4O9/c1-6-37(4,5)36(44)49-30-19-22(2)18-24-12-11-23(3)27(33(24)30)14-13-25-20-26(21-32(43)47-25)48-31(42)10-8-7-9-17-38-28-15-16-29(41(45)46)35-34(28)39-50-40-35/h11-12,15-16,18,22-23,25-27,30,33,38H,6-10,13-14,17,19-21H2,1-5H3/t22-,23-,25+,26+,27-,30-,33-/m0/s1. The third-order valence-electron chi connectivity index (χ3n) is 10.6. The SMILES string of the molecule is CCC(C)(C)C(=O)O[C@H]1C[C@@H](C)C=C2C=C[C@H](C)[C@H](CC[C@@H]3C[C@@H](OC(=O)CCCCCNc4ccc([N+](=O)[O-])c5nonc45)CC(=O)O3)[C@H]21. The zero-order chi connectivity index (χ0) is 36.0. The van der Waals surface area contributed by atoms with Crippen LogP contribution < -0.4 is 5.32 Å². The largest absolute Gasteiger partial charge is 0.462 e. The van der Waals surface area contributed by atoms with E-state index in [9.17, 15) is 24.5 Å². The Morgan fingerprint density at radius 1 is 1.08 bits per heavy atom. The average Bonchev–Trinajstić information content (AvgIpc) is 3.56. The Labute approximate surface area is 292 Å². The molecule has 0 unspecified atom stereocenters. The number of aromatic nitrogens is 2. The molecule has 1 saturated heterocycles. The van der Waals surface area contributed by atoms with Gasteiger partial charge in [0.15, 0.2) is 5.52 Å². The first kappa shape index (κ1) is 37.0. The molecule has 2 aromatic rings. The summed E-state index contributed by atoms with van der Waals surface area (Å²) < 4.78 is 22.4. The number of esters is 3. The molecule has 0 radical (unpaired) electrons. The van der Waals surface area contributed by atoms with Crippen molar-refractivity contribution in [3.05, 3.63) is 46.0 Å². The lowest BCUT2D eigenvalue weighted by Gasteiger charge is -2.44. The summed E-state index contributed by atoms with van der Waals surface area (Å²) in [6, 6.07) is 2.93. The van der Waals surface area contributed by atoms with Crippen LogP contribution in [0.5, 0.6) is 0 Å². The molecule has 0 saturated carbocycles. The van der Waals surface area contributed by atoms with Crippen LogP contribution in [-0.2, 0) is 28.6 Å². The van der Waals surface area contributed by atoms with Gasteiger partial charge in [-0.05, 0) is 92.1 Å². The van der Waals surface area contributed by atoms with E-state index >= 15 is 0 Å². The maximum Gasteiger partial charge on any atom is 0.311 e. The quantitative estimate of drug-likeness (QED) is 0.0651. The second-order valence-electron chi connectivity index (χ2n) is 14.8. The molecule has 3 aliphatic rings. The maximum atomic E-state index is 13.1. The van der Waals surface area contributed by atoms with Crippen LogP contribution >= 0.6 is 0 Å². The highest BCUT2D eigenvalue weighted by Gasteiger charge is 2.43. The number of unbranched alkanes of at least 4 members (excludes halogenated alkanes) is 2. The number of cyclic esters (lactones) is 1. The van der Waals surface area contributed by atoms with Gasteiger partial charge in [0.1, 0.15) is 18.3 Å². The van der Waals surface area contributed by atoms with Crippen molar-refractivity contribution in [2.75, 3.05) is 11.9 Å². The molecule has 1 N–H and O–H groups in total. The lowest BCUT2D eigenvalue weighted by molar-refractivity contribution is -0.383. The zero-order valence-corrected chi connectivity index (χ0v) is 29.7. The zero-order valence-electron chi connectivity index (χ0n) is 29.7. The third-order valence-corrected chi connectivity index (χ3v) is 10.6. The van der Waals surface area contributed by atoms with E-state index in [1.165, 1.54) is 11.6 Å². The van der Waals surface area contributed by atoms with Gasteiger partial charge in [-0.3, -0.25) is 24.5 Å². The van der Waals surface area contributed by atoms with Gasteiger partial charge in [-0.25, -0.2) is 4.63 Å². The fraction of sp³-hybridized carbons (Fsp3) is 0.649. The Morgan fingerprint density at radius 3 is 2.62 bits per heavy atom. The number of benzene rings is 1. The summed E-state index contributed by atoms with van der Waals surface area (Å²) in [4.78, 5) is 49.1. The number of fused-ring (bicyclic) bond motifs is 2. The number of nitro groups is 1. The Hall–Kier alpha value is -4.29. The number of non-ortho nitro benzene ring substituents is 1. The van der Waals surface area contributed by atoms with Crippen molar-refractivity contribution < 1.29 is 38.1 Å². The van der Waals surface area contributed by atoms with Crippen LogP contribution in [0.25, 0.3) is 11.0 Å². The number of hydrogen-bond donors (Lipinski definition) is 1. The van der Waals surface area contributed by atoms with Gasteiger partial charge < -0.3 is 19.5 Å². The fourth-order valence-corrected chi connectivity index (χ4v) is 7.33. The van der Waals surface area contributed by atoms with Crippen LogP contribution in [0.3, 0.4) is 0 Å². The van der Waals surface area contributed by atoms with Crippen LogP contribution in [0.15, 0.2) is 40.6 Å². The van der Waals surface area contributed by atoms with Crippen molar-refractivity contribution in [3.63, 3.8) is 0 Å². The lowest BCUT2D eigenvalue weighted by atomic mass is 9.65. The van der Waals surface area contributed by atoms with Crippen molar-refractivity contribution in [1.29, 1.82) is 0 Å². The third kappa shape index (κ3) is 8.89. The highest BCUT2D eigenvalue weighted by atomic mass is 16.6. The Bertz CT molecular complexity index is 1610. The molecule has 272 valence electrons. The second kappa shape index (κ2) is 16.2. The lowest BCUT2D eigenvalue weighted by Crippen LogP contribution is -2.43. The van der Waals surface area contributed by atoms with Gasteiger partial charge in [0.25, 0.3) is 0 Å². The first-order valence-corrected chi connectivity index (χ1v) is 18.0. The van der Waals surface area contributed by atoms with Gasteiger partial charge in [-0.2, -0.15) is 0 Å². The number of carbonyl (C=O) groups is 3. The average molecular weight is 695 g/mol. The van der Waals surface area contributed by atoms with E-state index in [2.05, 4.69) is 47.7 Å². The second-order valence-corrected chi connectivity index (χ2v) is 14.8. The molecule has 0 spiro atoms. The number of nitrogens with zero attached hydrogens (tertiary/aromatic N) is 3. The van der Waals surface area contributed by atoms with Crippen molar-refractivity contribution in [1.82, 2.24) is 10.3 Å². The fourth-order valence-electron chi connectivity index (χ4n) is 7.33. The van der Waals surface area contributed by atoms with Crippen LogP contribution in [-0.4, -0.2) is 58.0 Å². The Morgan fingerprint density at radius 2 is 1.86 bits per heavy atom. The van der Waals surface area contributed by atoms with Crippen molar-refractivity contribution in [3.8, 4) is 0 Å². The highest BCUT2D eigenvalue weighted by molar-refractivity contribution is 5.93. The molecule has 2 heterocycles. The number of allylic oxidation sites excluding steroid dienone is 3. The Kier molecular flexibility index (Phi) is 11.9. The van der Waals surface area contributed by atoms with Crippen LogP contribution in [0.1, 0.15) is 98.8 Å². The molecule has 2 aliphatic carbocycles. The van der Waals surface area contributed by atoms with Gasteiger partial charge in [0, 0.05) is 31.4 Å². The minimum absolute atomic E-state index is 0.0496. The summed E-state index contributed by atoms with van der Waals surface area (Å²) in [5.41, 5.74) is 1.47. The van der Waals surface area contributed by atoms with Gasteiger partial charge in [0.2, 0.25) is 5.52 Å². The smallest absolute Gasteiger partial charge is 0.311 e. The summed E-state index contributed by atoms with van der Waals surface area (Å²) in [6.07, 6.45) is 11.4. The predicted molar refractivity (Wildman–Crippen MR) is 185 cm³/mol. The van der Waals surface area contributed by atoms with Crippen LogP contribution in [0, 0.1) is 39.2 Å². The van der Waals surface area contributed by atoms with E-state index in [0.29, 0.717) is 49.4 Å². The highest BCUT2D eigenvalue weighted by Crippen LogP contribution is 2.46. The van der Waals surface area contributed by atoms with E-state index in [1.807, 2.05) is 20.8 Å². The van der Waals surface area contributed by atoms with Crippen molar-refractivity contribution >= 4 is 40.3 Å². The normalized spacial score (nSPS) is 26.5. The van der Waals surface area contributed by atoms with Gasteiger partial charge >= 0.3 is 23.6 Å². The van der Waals surface area contributed by atoms with Crippen LogP contribution in [0.2, 0.25) is 0 Å². The molecule has 50 heavy (non-hydrogen) atoms. The Balaban J connectivity index is 1.07. The summed E-state index contributed by atoms with van der Waals surface area (Å²) in [5, 5.41) is 21.8. The number of hydrogen-bond acceptors (Lipinski definition) is 12. The molecule has 1 fully saturated rings. The van der Waals surface area contributed by atoms with Crippen LogP contribution in [0.4, 0.5) is 11.4 Å². The number of anilines is 1. The summed E-state index contributed by atoms with van der Waals surface area (Å²) >= 11 is 0. The van der Waals surface area contributed by atoms with Gasteiger partial charge in [0.05, 0.1) is 22.4 Å². The molecule has 1 aromatic carbocycles. The minimum atomic E-state index is -0.544. The number of rotatable bonds is 15. The summed E-state index contributed by atoms with van der Waals surface area (Å²) in [7, 11) is 0. The molecule has 0 amide bonds. The van der Waals surface area contributed by atoms with E-state index in [1.54, 1.807) is 6.07 Å². The number of nitro benzene ring substituents is 1. The number of carbonyl (C=O) groups excluding carboxylic acids is 3. The number of ether oxygens (including phenoxy) is 3. The molecule has 7 atom stereocenters. The summed E-state index contributed by atoms with van der Waals surface area (Å²) in [6.45, 7) is 10.8.